The number of rotatable bonds is 4. The van der Waals surface area contributed by atoms with E-state index >= 15 is 0 Å². The summed E-state index contributed by atoms with van der Waals surface area (Å²) in [6, 6.07) is 9.94. The minimum atomic E-state index is -0.265. The molecule has 100 valence electrons. The first-order valence-corrected chi connectivity index (χ1v) is 6.67. The molecule has 2 rings (SSSR count). The van der Waals surface area contributed by atoms with Gasteiger partial charge in [0.1, 0.15) is 6.10 Å². The van der Waals surface area contributed by atoms with Gasteiger partial charge in [-0.25, -0.2) is 0 Å². The molecule has 0 amide bonds. The van der Waals surface area contributed by atoms with E-state index in [4.69, 9.17) is 4.74 Å². The van der Waals surface area contributed by atoms with Crippen molar-refractivity contribution in [3.05, 3.63) is 42.1 Å². The van der Waals surface area contributed by atoms with Crippen LogP contribution in [0.25, 0.3) is 10.9 Å². The van der Waals surface area contributed by atoms with Crippen molar-refractivity contribution in [2.45, 2.75) is 33.3 Å². The standard InChI is InChI=1S/C16H19NO2/c1-4-11(2)16(18)19-12(3)14-9-13-7-5-6-8-15(13)17-10-14/h5-12H,4H2,1-3H3. The van der Waals surface area contributed by atoms with Crippen LogP contribution in [0.3, 0.4) is 0 Å². The number of para-hydroxylation sites is 1. The Hall–Kier alpha value is -1.90. The maximum Gasteiger partial charge on any atom is 0.309 e. The van der Waals surface area contributed by atoms with Crippen LogP contribution in [0.1, 0.15) is 38.9 Å². The fourth-order valence-corrected chi connectivity index (χ4v) is 1.84. The normalized spacial score (nSPS) is 14.1. The summed E-state index contributed by atoms with van der Waals surface area (Å²) < 4.78 is 5.46. The summed E-state index contributed by atoms with van der Waals surface area (Å²) in [5.41, 5.74) is 1.88. The molecular formula is C16H19NO2. The molecule has 1 aromatic carbocycles. The average molecular weight is 257 g/mol. The Morgan fingerprint density at radius 2 is 2.05 bits per heavy atom. The molecule has 0 aliphatic heterocycles. The maximum atomic E-state index is 11.8. The largest absolute Gasteiger partial charge is 0.458 e. The minimum Gasteiger partial charge on any atom is -0.458 e. The Balaban J connectivity index is 2.17. The van der Waals surface area contributed by atoms with Crippen LogP contribution in [0.2, 0.25) is 0 Å². The highest BCUT2D eigenvalue weighted by atomic mass is 16.5. The third-order valence-electron chi connectivity index (χ3n) is 3.39. The molecule has 0 radical (unpaired) electrons. The molecule has 0 saturated carbocycles. The molecule has 2 aromatic rings. The fourth-order valence-electron chi connectivity index (χ4n) is 1.84. The number of benzene rings is 1. The van der Waals surface area contributed by atoms with E-state index in [2.05, 4.69) is 4.98 Å². The van der Waals surface area contributed by atoms with E-state index in [9.17, 15) is 4.79 Å². The second-order valence-corrected chi connectivity index (χ2v) is 4.85. The highest BCUT2D eigenvalue weighted by Crippen LogP contribution is 2.22. The number of pyridine rings is 1. The number of aromatic nitrogens is 1. The summed E-state index contributed by atoms with van der Waals surface area (Å²) in [4.78, 5) is 16.2. The van der Waals surface area contributed by atoms with Gasteiger partial charge in [-0.3, -0.25) is 9.78 Å². The van der Waals surface area contributed by atoms with Crippen molar-refractivity contribution in [1.82, 2.24) is 4.98 Å². The maximum absolute atomic E-state index is 11.8. The van der Waals surface area contributed by atoms with Gasteiger partial charge in [-0.1, -0.05) is 32.0 Å². The van der Waals surface area contributed by atoms with Crippen LogP contribution in [-0.2, 0) is 9.53 Å². The van der Waals surface area contributed by atoms with Crippen molar-refractivity contribution in [2.24, 2.45) is 5.92 Å². The van der Waals surface area contributed by atoms with Gasteiger partial charge >= 0.3 is 5.97 Å². The first kappa shape index (κ1) is 13.5. The number of ether oxygens (including phenoxy) is 1. The van der Waals surface area contributed by atoms with Gasteiger partial charge in [-0.2, -0.15) is 0 Å². The number of carbonyl (C=O) groups is 1. The Morgan fingerprint density at radius 3 is 2.79 bits per heavy atom. The second kappa shape index (κ2) is 5.83. The Labute approximate surface area is 113 Å². The number of carbonyl (C=O) groups excluding carboxylic acids is 1. The minimum absolute atomic E-state index is 0.0594. The second-order valence-electron chi connectivity index (χ2n) is 4.85. The van der Waals surface area contributed by atoms with Gasteiger partial charge in [0.2, 0.25) is 0 Å². The summed E-state index contributed by atoms with van der Waals surface area (Å²) in [5.74, 6) is -0.209. The van der Waals surface area contributed by atoms with Crippen LogP contribution in [-0.4, -0.2) is 11.0 Å². The third-order valence-corrected chi connectivity index (χ3v) is 3.39. The number of esters is 1. The number of hydrogen-bond donors (Lipinski definition) is 0. The van der Waals surface area contributed by atoms with Gasteiger partial charge in [0, 0.05) is 17.1 Å². The van der Waals surface area contributed by atoms with Crippen LogP contribution < -0.4 is 0 Å². The molecular weight excluding hydrogens is 238 g/mol. The molecule has 19 heavy (non-hydrogen) atoms. The molecule has 0 aliphatic rings. The van der Waals surface area contributed by atoms with E-state index in [0.29, 0.717) is 0 Å². The average Bonchev–Trinajstić information content (AvgIpc) is 2.45. The SMILES string of the molecule is CCC(C)C(=O)OC(C)c1cnc2ccccc2c1. The first-order chi connectivity index (χ1) is 9.11. The lowest BCUT2D eigenvalue weighted by Gasteiger charge is -2.16. The van der Waals surface area contributed by atoms with Gasteiger partial charge in [-0.15, -0.1) is 0 Å². The summed E-state index contributed by atoms with van der Waals surface area (Å²) in [5, 5.41) is 1.06. The topological polar surface area (TPSA) is 39.2 Å². The molecule has 0 bridgehead atoms. The molecule has 1 aromatic heterocycles. The van der Waals surface area contributed by atoms with E-state index in [1.165, 1.54) is 0 Å². The van der Waals surface area contributed by atoms with Gasteiger partial charge < -0.3 is 4.74 Å². The number of fused-ring (bicyclic) bond motifs is 1. The third kappa shape index (κ3) is 3.11. The van der Waals surface area contributed by atoms with E-state index < -0.39 is 0 Å². The van der Waals surface area contributed by atoms with Crippen molar-refractivity contribution in [2.75, 3.05) is 0 Å². The molecule has 1 heterocycles. The van der Waals surface area contributed by atoms with Gasteiger partial charge in [-0.05, 0) is 25.5 Å². The van der Waals surface area contributed by atoms with Crippen molar-refractivity contribution in [3.8, 4) is 0 Å². The lowest BCUT2D eigenvalue weighted by molar-refractivity contribution is -0.153. The Bertz CT molecular complexity index is 580. The summed E-state index contributed by atoms with van der Waals surface area (Å²) in [7, 11) is 0. The van der Waals surface area contributed by atoms with Crippen molar-refractivity contribution >= 4 is 16.9 Å². The molecule has 0 fully saturated rings. The monoisotopic (exact) mass is 257 g/mol. The van der Waals surface area contributed by atoms with E-state index in [0.717, 1.165) is 22.9 Å². The lowest BCUT2D eigenvalue weighted by atomic mass is 10.1. The fraction of sp³-hybridized carbons (Fsp3) is 0.375. The summed E-state index contributed by atoms with van der Waals surface area (Å²) in [6.07, 6.45) is 2.30. The predicted molar refractivity (Wildman–Crippen MR) is 75.7 cm³/mol. The highest BCUT2D eigenvalue weighted by molar-refractivity contribution is 5.79. The molecule has 2 unspecified atom stereocenters. The molecule has 3 heteroatoms. The van der Waals surface area contributed by atoms with Gasteiger partial charge in [0.15, 0.2) is 0 Å². The Kier molecular flexibility index (Phi) is 4.15. The molecule has 0 saturated heterocycles. The molecule has 0 aliphatic carbocycles. The van der Waals surface area contributed by atoms with Gasteiger partial charge in [0.05, 0.1) is 11.4 Å². The van der Waals surface area contributed by atoms with Crippen molar-refractivity contribution < 1.29 is 9.53 Å². The van der Waals surface area contributed by atoms with E-state index in [-0.39, 0.29) is 18.0 Å². The van der Waals surface area contributed by atoms with Crippen LogP contribution in [0.15, 0.2) is 36.5 Å². The summed E-state index contributed by atoms with van der Waals surface area (Å²) >= 11 is 0. The van der Waals surface area contributed by atoms with Crippen LogP contribution in [0, 0.1) is 5.92 Å². The predicted octanol–water partition coefficient (Wildman–Crippen LogP) is 3.89. The Morgan fingerprint density at radius 1 is 1.32 bits per heavy atom. The zero-order valence-corrected chi connectivity index (χ0v) is 11.6. The van der Waals surface area contributed by atoms with Crippen LogP contribution >= 0.6 is 0 Å². The van der Waals surface area contributed by atoms with Crippen LogP contribution in [0.5, 0.6) is 0 Å². The quantitative estimate of drug-likeness (QED) is 0.780. The van der Waals surface area contributed by atoms with Crippen molar-refractivity contribution in [3.63, 3.8) is 0 Å². The number of nitrogens with zero attached hydrogens (tertiary/aromatic N) is 1. The zero-order chi connectivity index (χ0) is 13.8. The molecule has 0 spiro atoms. The lowest BCUT2D eigenvalue weighted by Crippen LogP contribution is -2.16. The van der Waals surface area contributed by atoms with Gasteiger partial charge in [0.25, 0.3) is 0 Å². The first-order valence-electron chi connectivity index (χ1n) is 6.67. The van der Waals surface area contributed by atoms with E-state index in [1.54, 1.807) is 6.20 Å². The van der Waals surface area contributed by atoms with Crippen LogP contribution in [0.4, 0.5) is 0 Å². The zero-order valence-electron chi connectivity index (χ0n) is 11.6. The molecule has 3 nitrogen and oxygen atoms in total. The van der Waals surface area contributed by atoms with E-state index in [1.807, 2.05) is 51.1 Å². The molecule has 0 N–H and O–H groups in total. The van der Waals surface area contributed by atoms with Crippen molar-refractivity contribution in [1.29, 1.82) is 0 Å². The highest BCUT2D eigenvalue weighted by Gasteiger charge is 2.17. The summed E-state index contributed by atoms with van der Waals surface area (Å²) in [6.45, 7) is 5.74. The smallest absolute Gasteiger partial charge is 0.309 e. The molecule has 2 atom stereocenters. The number of hydrogen-bond acceptors (Lipinski definition) is 3.